The van der Waals surface area contributed by atoms with Crippen molar-refractivity contribution in [2.24, 2.45) is 0 Å². The zero-order valence-electron chi connectivity index (χ0n) is 11.7. The lowest BCUT2D eigenvalue weighted by atomic mass is 10.2. The molecule has 0 bridgehead atoms. The van der Waals surface area contributed by atoms with Gasteiger partial charge in [0.1, 0.15) is 12.6 Å². The zero-order valence-corrected chi connectivity index (χ0v) is 11.7. The van der Waals surface area contributed by atoms with Crippen LogP contribution in [0.4, 0.5) is 4.79 Å². The van der Waals surface area contributed by atoms with Crippen molar-refractivity contribution in [2.75, 3.05) is 20.1 Å². The van der Waals surface area contributed by atoms with Crippen molar-refractivity contribution in [3.05, 3.63) is 0 Å². The summed E-state index contributed by atoms with van der Waals surface area (Å²) in [5.74, 6) is -1.14. The fourth-order valence-electron chi connectivity index (χ4n) is 2.92. The van der Waals surface area contributed by atoms with E-state index in [1.54, 1.807) is 11.9 Å². The highest BCUT2D eigenvalue weighted by atomic mass is 16.4. The summed E-state index contributed by atoms with van der Waals surface area (Å²) in [6, 6.07) is -0.988. The molecule has 3 amide bonds. The van der Waals surface area contributed by atoms with E-state index in [2.05, 4.69) is 5.32 Å². The minimum Gasteiger partial charge on any atom is -0.480 e. The number of nitrogens with zero attached hydrogens (tertiary/aromatic N) is 2. The molecule has 2 fully saturated rings. The van der Waals surface area contributed by atoms with E-state index in [-0.39, 0.29) is 18.5 Å². The fourth-order valence-corrected chi connectivity index (χ4v) is 2.92. The van der Waals surface area contributed by atoms with Gasteiger partial charge in [0, 0.05) is 19.6 Å². The van der Waals surface area contributed by atoms with E-state index in [1.165, 1.54) is 4.90 Å². The molecule has 0 radical (unpaired) electrons. The maximum Gasteiger partial charge on any atom is 0.323 e. The van der Waals surface area contributed by atoms with Gasteiger partial charge < -0.3 is 20.2 Å². The largest absolute Gasteiger partial charge is 0.480 e. The Morgan fingerprint density at radius 3 is 2.50 bits per heavy atom. The molecule has 1 saturated carbocycles. The Labute approximate surface area is 117 Å². The van der Waals surface area contributed by atoms with Gasteiger partial charge in [-0.3, -0.25) is 9.59 Å². The number of likely N-dealkylation sites (tertiary alicyclic amines) is 1. The third kappa shape index (κ3) is 3.20. The SMILES string of the molecule is CN1CCC(NC(=O)N(CC(=O)O)C2CCCC2)C1=O. The Morgan fingerprint density at radius 2 is 2.00 bits per heavy atom. The van der Waals surface area contributed by atoms with Crippen LogP contribution in [0, 0.1) is 0 Å². The molecule has 0 spiro atoms. The standard InChI is InChI=1S/C13H21N3O4/c1-15-7-6-10(12(15)19)14-13(20)16(8-11(17)18)9-4-2-3-5-9/h9-10H,2-8H2,1H3,(H,14,20)(H,17,18). The molecule has 0 aromatic heterocycles. The van der Waals surface area contributed by atoms with Crippen molar-refractivity contribution in [3.63, 3.8) is 0 Å². The molecule has 1 saturated heterocycles. The lowest BCUT2D eigenvalue weighted by Gasteiger charge is -2.28. The van der Waals surface area contributed by atoms with Crippen molar-refractivity contribution < 1.29 is 19.5 Å². The molecule has 2 rings (SSSR count). The number of hydrogen-bond donors (Lipinski definition) is 2. The second-order valence-corrected chi connectivity index (χ2v) is 5.51. The number of likely N-dealkylation sites (N-methyl/N-ethyl adjacent to an activating group) is 1. The van der Waals surface area contributed by atoms with Crippen LogP contribution in [0.25, 0.3) is 0 Å². The average Bonchev–Trinajstić information content (AvgIpc) is 3.01. The number of amides is 3. The highest BCUT2D eigenvalue weighted by Gasteiger charge is 2.34. The van der Waals surface area contributed by atoms with E-state index in [9.17, 15) is 14.4 Å². The topological polar surface area (TPSA) is 90.0 Å². The third-order valence-electron chi connectivity index (χ3n) is 4.06. The van der Waals surface area contributed by atoms with Crippen LogP contribution < -0.4 is 5.32 Å². The molecule has 0 aromatic rings. The molecule has 1 aliphatic heterocycles. The molecule has 1 unspecified atom stereocenters. The zero-order chi connectivity index (χ0) is 14.7. The smallest absolute Gasteiger partial charge is 0.323 e. The van der Waals surface area contributed by atoms with Gasteiger partial charge >= 0.3 is 12.0 Å². The molecule has 20 heavy (non-hydrogen) atoms. The van der Waals surface area contributed by atoms with Crippen molar-refractivity contribution in [3.8, 4) is 0 Å². The van der Waals surface area contributed by atoms with Gasteiger partial charge in [0.25, 0.3) is 0 Å². The molecular weight excluding hydrogens is 262 g/mol. The van der Waals surface area contributed by atoms with Crippen molar-refractivity contribution in [2.45, 2.75) is 44.2 Å². The van der Waals surface area contributed by atoms with E-state index in [4.69, 9.17) is 5.11 Å². The summed E-state index contributed by atoms with van der Waals surface area (Å²) in [5, 5.41) is 11.6. The van der Waals surface area contributed by atoms with Crippen LogP contribution >= 0.6 is 0 Å². The molecule has 2 aliphatic rings. The molecule has 1 heterocycles. The van der Waals surface area contributed by atoms with Crippen molar-refractivity contribution in [1.82, 2.24) is 15.1 Å². The number of aliphatic carboxylic acids is 1. The lowest BCUT2D eigenvalue weighted by Crippen LogP contribution is -2.52. The minimum atomic E-state index is -1.03. The molecule has 1 atom stereocenters. The number of carbonyl (C=O) groups is 3. The first-order valence-electron chi connectivity index (χ1n) is 7.03. The van der Waals surface area contributed by atoms with E-state index < -0.39 is 18.0 Å². The van der Waals surface area contributed by atoms with Gasteiger partial charge in [-0.15, -0.1) is 0 Å². The predicted molar refractivity (Wildman–Crippen MR) is 71.2 cm³/mol. The van der Waals surface area contributed by atoms with Crippen LogP contribution in [0.3, 0.4) is 0 Å². The van der Waals surface area contributed by atoms with E-state index in [1.807, 2.05) is 0 Å². The normalized spacial score (nSPS) is 23.1. The number of carboxylic acid groups (broad SMARTS) is 1. The van der Waals surface area contributed by atoms with Gasteiger partial charge in [0.15, 0.2) is 0 Å². The first-order chi connectivity index (χ1) is 9.49. The Kier molecular flexibility index (Phi) is 4.46. The van der Waals surface area contributed by atoms with Crippen molar-refractivity contribution >= 4 is 17.9 Å². The number of rotatable bonds is 4. The number of hydrogen-bond acceptors (Lipinski definition) is 3. The highest BCUT2D eigenvalue weighted by Crippen LogP contribution is 2.23. The summed E-state index contributed by atoms with van der Waals surface area (Å²) in [5.41, 5.74) is 0. The van der Waals surface area contributed by atoms with Crippen LogP contribution in [0.1, 0.15) is 32.1 Å². The van der Waals surface area contributed by atoms with Gasteiger partial charge in [0.05, 0.1) is 0 Å². The quantitative estimate of drug-likeness (QED) is 0.774. The second-order valence-electron chi connectivity index (χ2n) is 5.51. The van der Waals surface area contributed by atoms with Crippen LogP contribution in [0.15, 0.2) is 0 Å². The van der Waals surface area contributed by atoms with Crippen LogP contribution in [-0.4, -0.2) is 65.0 Å². The van der Waals surface area contributed by atoms with Gasteiger partial charge in [-0.1, -0.05) is 12.8 Å². The summed E-state index contributed by atoms with van der Waals surface area (Å²) < 4.78 is 0. The predicted octanol–water partition coefficient (Wildman–Crippen LogP) is 0.256. The molecular formula is C13H21N3O4. The summed E-state index contributed by atoms with van der Waals surface area (Å²) in [6.45, 7) is 0.305. The van der Waals surface area contributed by atoms with E-state index >= 15 is 0 Å². The molecule has 2 N–H and O–H groups in total. The van der Waals surface area contributed by atoms with Crippen LogP contribution in [-0.2, 0) is 9.59 Å². The maximum absolute atomic E-state index is 12.3. The third-order valence-corrected chi connectivity index (χ3v) is 4.06. The average molecular weight is 283 g/mol. The molecule has 7 heteroatoms. The number of carbonyl (C=O) groups excluding carboxylic acids is 2. The lowest BCUT2D eigenvalue weighted by molar-refractivity contribution is -0.138. The van der Waals surface area contributed by atoms with E-state index in [0.29, 0.717) is 13.0 Å². The molecule has 7 nitrogen and oxygen atoms in total. The molecule has 0 aromatic carbocycles. The Bertz CT molecular complexity index is 406. The monoisotopic (exact) mass is 283 g/mol. The second kappa shape index (κ2) is 6.11. The van der Waals surface area contributed by atoms with Gasteiger partial charge in [0.2, 0.25) is 5.91 Å². The summed E-state index contributed by atoms with van der Waals surface area (Å²) in [6.07, 6.45) is 4.27. The molecule has 112 valence electrons. The first kappa shape index (κ1) is 14.6. The Hall–Kier alpha value is -1.79. The highest BCUT2D eigenvalue weighted by molar-refractivity contribution is 5.89. The van der Waals surface area contributed by atoms with Crippen LogP contribution in [0.5, 0.6) is 0 Å². The van der Waals surface area contributed by atoms with Gasteiger partial charge in [-0.25, -0.2) is 4.79 Å². The minimum absolute atomic E-state index is 0.0275. The first-order valence-corrected chi connectivity index (χ1v) is 7.03. The maximum atomic E-state index is 12.3. The summed E-state index contributed by atoms with van der Waals surface area (Å²) in [4.78, 5) is 37.9. The number of nitrogens with one attached hydrogen (secondary N) is 1. The van der Waals surface area contributed by atoms with E-state index in [0.717, 1.165) is 25.7 Å². The summed E-state index contributed by atoms with van der Waals surface area (Å²) >= 11 is 0. The Morgan fingerprint density at radius 1 is 1.35 bits per heavy atom. The van der Waals surface area contributed by atoms with Crippen LogP contribution in [0.2, 0.25) is 0 Å². The number of carboxylic acids is 1. The Balaban J connectivity index is 1.98. The van der Waals surface area contributed by atoms with Gasteiger partial charge in [-0.2, -0.15) is 0 Å². The summed E-state index contributed by atoms with van der Waals surface area (Å²) in [7, 11) is 1.69. The van der Waals surface area contributed by atoms with Gasteiger partial charge in [-0.05, 0) is 19.3 Å². The fraction of sp³-hybridized carbons (Fsp3) is 0.769. The molecule has 1 aliphatic carbocycles. The van der Waals surface area contributed by atoms with Crippen molar-refractivity contribution in [1.29, 1.82) is 0 Å². The number of urea groups is 1.